The molecule has 112 valence electrons. The van der Waals surface area contributed by atoms with Gasteiger partial charge in [-0.2, -0.15) is 5.26 Å². The van der Waals surface area contributed by atoms with E-state index in [1.807, 2.05) is 13.0 Å². The van der Waals surface area contributed by atoms with Gasteiger partial charge >= 0.3 is 0 Å². The molecule has 0 aliphatic carbocycles. The molecule has 0 saturated carbocycles. The summed E-state index contributed by atoms with van der Waals surface area (Å²) in [5, 5.41) is 9.49. The lowest BCUT2D eigenvalue weighted by Crippen LogP contribution is -2.28. The van der Waals surface area contributed by atoms with Crippen molar-refractivity contribution in [3.63, 3.8) is 0 Å². The van der Waals surface area contributed by atoms with Crippen molar-refractivity contribution in [1.29, 1.82) is 5.26 Å². The average molecular weight is 291 g/mol. The summed E-state index contributed by atoms with van der Waals surface area (Å²) in [4.78, 5) is 7.02. The van der Waals surface area contributed by atoms with Gasteiger partial charge in [-0.15, -0.1) is 0 Å². The number of benzene rings is 1. The Balaban J connectivity index is 1.93. The number of pyridine rings is 1. The summed E-state index contributed by atoms with van der Waals surface area (Å²) in [6.45, 7) is 5.98. The molecule has 2 heterocycles. The van der Waals surface area contributed by atoms with Crippen LogP contribution in [0.5, 0.6) is 0 Å². The Kier molecular flexibility index (Phi) is 4.11. The smallest absolute Gasteiger partial charge is 0.146 e. The molecule has 0 amide bonds. The molecular formula is C19H21N3. The van der Waals surface area contributed by atoms with E-state index in [-0.39, 0.29) is 0 Å². The molecule has 0 N–H and O–H groups in total. The lowest BCUT2D eigenvalue weighted by Gasteiger charge is -2.23. The number of nitriles is 1. The van der Waals surface area contributed by atoms with Crippen molar-refractivity contribution in [2.24, 2.45) is 0 Å². The third-order valence-electron chi connectivity index (χ3n) is 4.52. The minimum atomic E-state index is 0.702. The Morgan fingerprint density at radius 2 is 1.82 bits per heavy atom. The van der Waals surface area contributed by atoms with Crippen molar-refractivity contribution in [1.82, 2.24) is 4.98 Å². The molecule has 0 atom stereocenters. The minimum Gasteiger partial charge on any atom is -0.355 e. The van der Waals surface area contributed by atoms with E-state index in [0.717, 1.165) is 43.9 Å². The van der Waals surface area contributed by atoms with Gasteiger partial charge in [-0.1, -0.05) is 31.2 Å². The standard InChI is InChI=1S/C19H21N3/c1-3-15-12-18(13-20)19(21-14(15)2)22-10-8-16-6-4-5-7-17(16)9-11-22/h4-7,12H,3,8-11H2,1-2H3. The number of aromatic nitrogens is 1. The molecule has 1 aromatic carbocycles. The van der Waals surface area contributed by atoms with Gasteiger partial charge in [0.15, 0.2) is 0 Å². The highest BCUT2D eigenvalue weighted by Crippen LogP contribution is 2.24. The first-order valence-corrected chi connectivity index (χ1v) is 7.95. The number of hydrogen-bond acceptors (Lipinski definition) is 3. The molecule has 1 aromatic heterocycles. The van der Waals surface area contributed by atoms with Crippen LogP contribution >= 0.6 is 0 Å². The highest BCUT2D eigenvalue weighted by Gasteiger charge is 2.18. The highest BCUT2D eigenvalue weighted by molar-refractivity contribution is 5.56. The molecule has 3 rings (SSSR count). The maximum Gasteiger partial charge on any atom is 0.146 e. The van der Waals surface area contributed by atoms with Crippen molar-refractivity contribution in [2.45, 2.75) is 33.1 Å². The maximum absolute atomic E-state index is 9.49. The molecule has 0 fully saturated rings. The molecule has 0 saturated heterocycles. The zero-order chi connectivity index (χ0) is 15.5. The van der Waals surface area contributed by atoms with Gasteiger partial charge in [0.05, 0.1) is 5.56 Å². The fourth-order valence-corrected chi connectivity index (χ4v) is 3.20. The van der Waals surface area contributed by atoms with Gasteiger partial charge < -0.3 is 4.90 Å². The second-order valence-corrected chi connectivity index (χ2v) is 5.83. The van der Waals surface area contributed by atoms with Gasteiger partial charge in [-0.3, -0.25) is 0 Å². The van der Waals surface area contributed by atoms with Crippen LogP contribution in [0.4, 0.5) is 5.82 Å². The summed E-state index contributed by atoms with van der Waals surface area (Å²) in [7, 11) is 0. The zero-order valence-corrected chi connectivity index (χ0v) is 13.3. The Hall–Kier alpha value is -2.34. The second-order valence-electron chi connectivity index (χ2n) is 5.83. The topological polar surface area (TPSA) is 39.9 Å². The van der Waals surface area contributed by atoms with Crippen molar-refractivity contribution in [3.8, 4) is 6.07 Å². The monoisotopic (exact) mass is 291 g/mol. The molecule has 0 bridgehead atoms. The van der Waals surface area contributed by atoms with Crippen LogP contribution in [-0.2, 0) is 19.3 Å². The molecule has 22 heavy (non-hydrogen) atoms. The summed E-state index contributed by atoms with van der Waals surface area (Å²) in [6.07, 6.45) is 2.94. The number of anilines is 1. The van der Waals surface area contributed by atoms with Crippen LogP contribution in [0, 0.1) is 18.3 Å². The predicted molar refractivity (Wildman–Crippen MR) is 89.1 cm³/mol. The van der Waals surface area contributed by atoms with Gasteiger partial charge in [0, 0.05) is 18.8 Å². The third kappa shape index (κ3) is 2.69. The SMILES string of the molecule is CCc1cc(C#N)c(N2CCc3ccccc3CC2)nc1C. The van der Waals surface area contributed by atoms with Crippen LogP contribution < -0.4 is 4.90 Å². The quantitative estimate of drug-likeness (QED) is 0.851. The van der Waals surface area contributed by atoms with Gasteiger partial charge in [-0.05, 0) is 48.9 Å². The summed E-state index contributed by atoms with van der Waals surface area (Å²) >= 11 is 0. The molecule has 2 aromatic rings. The molecule has 1 aliphatic heterocycles. The molecular weight excluding hydrogens is 270 g/mol. The zero-order valence-electron chi connectivity index (χ0n) is 13.3. The van der Waals surface area contributed by atoms with Crippen LogP contribution in [0.2, 0.25) is 0 Å². The Labute approximate surface area is 132 Å². The molecule has 0 radical (unpaired) electrons. The fraction of sp³-hybridized carbons (Fsp3) is 0.368. The number of fused-ring (bicyclic) bond motifs is 1. The number of hydrogen-bond donors (Lipinski definition) is 0. The molecule has 3 heteroatoms. The normalized spacial score (nSPS) is 14.1. The van der Waals surface area contributed by atoms with E-state index in [1.54, 1.807) is 0 Å². The van der Waals surface area contributed by atoms with Gasteiger partial charge in [0.2, 0.25) is 0 Å². The third-order valence-corrected chi connectivity index (χ3v) is 4.52. The molecule has 0 spiro atoms. The van der Waals surface area contributed by atoms with Crippen LogP contribution in [0.3, 0.4) is 0 Å². The van der Waals surface area contributed by atoms with Gasteiger partial charge in [0.25, 0.3) is 0 Å². The Bertz CT molecular complexity index is 701. The summed E-state index contributed by atoms with van der Waals surface area (Å²) in [5.74, 6) is 0.852. The number of nitrogens with zero attached hydrogens (tertiary/aromatic N) is 3. The predicted octanol–water partition coefficient (Wildman–Crippen LogP) is 3.43. The molecule has 1 aliphatic rings. The van der Waals surface area contributed by atoms with Crippen LogP contribution in [-0.4, -0.2) is 18.1 Å². The lowest BCUT2D eigenvalue weighted by atomic mass is 10.0. The van der Waals surface area contributed by atoms with E-state index in [0.29, 0.717) is 5.56 Å². The van der Waals surface area contributed by atoms with Crippen LogP contribution in [0.25, 0.3) is 0 Å². The maximum atomic E-state index is 9.49. The van der Waals surface area contributed by atoms with E-state index in [1.165, 1.54) is 16.7 Å². The van der Waals surface area contributed by atoms with Gasteiger partial charge in [-0.25, -0.2) is 4.98 Å². The van der Waals surface area contributed by atoms with E-state index in [9.17, 15) is 5.26 Å². The largest absolute Gasteiger partial charge is 0.355 e. The Morgan fingerprint density at radius 1 is 1.18 bits per heavy atom. The average Bonchev–Trinajstić information content (AvgIpc) is 2.77. The van der Waals surface area contributed by atoms with E-state index in [2.05, 4.69) is 42.2 Å². The van der Waals surface area contributed by atoms with Crippen LogP contribution in [0.1, 0.15) is 34.9 Å². The van der Waals surface area contributed by atoms with Crippen molar-refractivity contribution in [3.05, 3.63) is 58.3 Å². The highest BCUT2D eigenvalue weighted by atomic mass is 15.2. The minimum absolute atomic E-state index is 0.702. The first-order valence-electron chi connectivity index (χ1n) is 7.95. The van der Waals surface area contributed by atoms with Crippen molar-refractivity contribution in [2.75, 3.05) is 18.0 Å². The number of aryl methyl sites for hydroxylation is 2. The second kappa shape index (κ2) is 6.19. The lowest BCUT2D eigenvalue weighted by molar-refractivity contribution is 0.784. The number of rotatable bonds is 2. The first kappa shape index (κ1) is 14.6. The molecule has 3 nitrogen and oxygen atoms in total. The Morgan fingerprint density at radius 3 is 2.36 bits per heavy atom. The van der Waals surface area contributed by atoms with E-state index in [4.69, 9.17) is 4.98 Å². The summed E-state index contributed by atoms with van der Waals surface area (Å²) in [6, 6.07) is 13.0. The van der Waals surface area contributed by atoms with E-state index >= 15 is 0 Å². The fourth-order valence-electron chi connectivity index (χ4n) is 3.20. The van der Waals surface area contributed by atoms with Crippen molar-refractivity contribution < 1.29 is 0 Å². The van der Waals surface area contributed by atoms with E-state index < -0.39 is 0 Å². The van der Waals surface area contributed by atoms with Crippen LogP contribution in [0.15, 0.2) is 30.3 Å². The first-order chi connectivity index (χ1) is 10.7. The summed E-state index contributed by atoms with van der Waals surface area (Å²) in [5.41, 5.74) is 5.75. The molecule has 0 unspecified atom stereocenters. The van der Waals surface area contributed by atoms with Gasteiger partial charge in [0.1, 0.15) is 11.9 Å². The summed E-state index contributed by atoms with van der Waals surface area (Å²) < 4.78 is 0. The van der Waals surface area contributed by atoms with Crippen molar-refractivity contribution >= 4 is 5.82 Å².